The summed E-state index contributed by atoms with van der Waals surface area (Å²) in [6, 6.07) is 0. The van der Waals surface area contributed by atoms with E-state index >= 15 is 0 Å². The summed E-state index contributed by atoms with van der Waals surface area (Å²) in [6.45, 7) is 9.81. The van der Waals surface area contributed by atoms with Gasteiger partial charge in [0.15, 0.2) is 0 Å². The number of amides is 1. The minimum absolute atomic E-state index is 0.210. The fraction of sp³-hybridized carbons (Fsp3) is 0.909. The fourth-order valence-corrected chi connectivity index (χ4v) is 1.98. The van der Waals surface area contributed by atoms with E-state index in [4.69, 9.17) is 5.73 Å². The lowest BCUT2D eigenvalue weighted by Gasteiger charge is -2.35. The largest absolute Gasteiger partial charge is 0.340 e. The quantitative estimate of drug-likeness (QED) is 0.722. The molecule has 1 amide bonds. The molecule has 15 heavy (non-hydrogen) atoms. The predicted octanol–water partition coefficient (Wildman–Crippen LogP) is 0.135. The lowest BCUT2D eigenvalue weighted by Crippen LogP contribution is -2.49. The highest BCUT2D eigenvalue weighted by molar-refractivity contribution is 5.76. The minimum atomic E-state index is 0.210. The molecule has 0 atom stereocenters. The van der Waals surface area contributed by atoms with Gasteiger partial charge in [0.1, 0.15) is 0 Å². The molecule has 2 N–H and O–H groups in total. The van der Waals surface area contributed by atoms with E-state index in [1.54, 1.807) is 0 Å². The fourth-order valence-electron chi connectivity index (χ4n) is 1.98. The third-order valence-electron chi connectivity index (χ3n) is 2.71. The Morgan fingerprint density at radius 1 is 1.27 bits per heavy atom. The van der Waals surface area contributed by atoms with E-state index in [-0.39, 0.29) is 5.91 Å². The van der Waals surface area contributed by atoms with Gasteiger partial charge in [-0.15, -0.1) is 0 Å². The van der Waals surface area contributed by atoms with Crippen LogP contribution in [0, 0.1) is 5.92 Å². The molecule has 0 aromatic heterocycles. The lowest BCUT2D eigenvalue weighted by atomic mass is 10.2. The molecule has 0 spiro atoms. The molecule has 0 aromatic carbocycles. The molecule has 1 rings (SSSR count). The average molecular weight is 213 g/mol. The summed E-state index contributed by atoms with van der Waals surface area (Å²) in [4.78, 5) is 15.9. The number of nitrogens with two attached hydrogens (primary N) is 1. The Kier molecular flexibility index (Phi) is 5.05. The van der Waals surface area contributed by atoms with Crippen molar-refractivity contribution >= 4 is 5.91 Å². The van der Waals surface area contributed by atoms with E-state index in [0.717, 1.165) is 32.7 Å². The normalized spacial score (nSPS) is 18.5. The number of nitrogens with zero attached hydrogens (tertiary/aromatic N) is 2. The second kappa shape index (κ2) is 6.08. The number of hydrogen-bond donors (Lipinski definition) is 1. The van der Waals surface area contributed by atoms with E-state index in [0.29, 0.717) is 18.9 Å². The summed E-state index contributed by atoms with van der Waals surface area (Å²) in [7, 11) is 0. The summed E-state index contributed by atoms with van der Waals surface area (Å²) < 4.78 is 0. The van der Waals surface area contributed by atoms with Crippen molar-refractivity contribution in [1.82, 2.24) is 9.80 Å². The van der Waals surface area contributed by atoms with Gasteiger partial charge in [0.25, 0.3) is 0 Å². The Balaban J connectivity index is 2.26. The van der Waals surface area contributed by atoms with Crippen LogP contribution in [0.3, 0.4) is 0 Å². The second-order valence-corrected chi connectivity index (χ2v) is 4.61. The van der Waals surface area contributed by atoms with Crippen LogP contribution in [0.5, 0.6) is 0 Å². The van der Waals surface area contributed by atoms with Gasteiger partial charge in [0.2, 0.25) is 5.91 Å². The molecule has 0 saturated carbocycles. The first kappa shape index (κ1) is 12.5. The Hall–Kier alpha value is -0.610. The molecule has 4 nitrogen and oxygen atoms in total. The first-order valence-corrected chi connectivity index (χ1v) is 5.83. The van der Waals surface area contributed by atoms with Crippen LogP contribution in [-0.4, -0.2) is 55.0 Å². The van der Waals surface area contributed by atoms with Crippen LogP contribution in [-0.2, 0) is 4.79 Å². The van der Waals surface area contributed by atoms with E-state index in [2.05, 4.69) is 18.7 Å². The molecule has 1 fully saturated rings. The van der Waals surface area contributed by atoms with Gasteiger partial charge in [0.05, 0.1) is 0 Å². The SMILES string of the molecule is CC(C)CN1CCN(C(=O)CCN)CC1. The predicted molar refractivity (Wildman–Crippen MR) is 61.5 cm³/mol. The Morgan fingerprint density at radius 2 is 1.87 bits per heavy atom. The van der Waals surface area contributed by atoms with Crippen LogP contribution in [0.1, 0.15) is 20.3 Å². The van der Waals surface area contributed by atoms with Gasteiger partial charge in [-0.3, -0.25) is 9.69 Å². The van der Waals surface area contributed by atoms with Gasteiger partial charge in [-0.05, 0) is 5.92 Å². The standard InChI is InChI=1S/C11H23N3O/c1-10(2)9-13-5-7-14(8-6-13)11(15)3-4-12/h10H,3-9,12H2,1-2H3. The zero-order valence-electron chi connectivity index (χ0n) is 9.91. The van der Waals surface area contributed by atoms with E-state index in [9.17, 15) is 4.79 Å². The van der Waals surface area contributed by atoms with Crippen molar-refractivity contribution in [1.29, 1.82) is 0 Å². The Labute approximate surface area is 92.4 Å². The molecular weight excluding hydrogens is 190 g/mol. The Morgan fingerprint density at radius 3 is 2.33 bits per heavy atom. The van der Waals surface area contributed by atoms with Crippen molar-refractivity contribution in [3.8, 4) is 0 Å². The highest BCUT2D eigenvalue weighted by Gasteiger charge is 2.20. The molecule has 1 heterocycles. The van der Waals surface area contributed by atoms with Crippen LogP contribution >= 0.6 is 0 Å². The van der Waals surface area contributed by atoms with Crippen LogP contribution in [0.25, 0.3) is 0 Å². The number of hydrogen-bond acceptors (Lipinski definition) is 3. The van der Waals surface area contributed by atoms with Gasteiger partial charge < -0.3 is 10.6 Å². The van der Waals surface area contributed by atoms with Crippen molar-refractivity contribution in [3.63, 3.8) is 0 Å². The van der Waals surface area contributed by atoms with Crippen molar-refractivity contribution in [3.05, 3.63) is 0 Å². The number of rotatable bonds is 4. The molecule has 0 aliphatic carbocycles. The lowest BCUT2D eigenvalue weighted by molar-refractivity contribution is -0.132. The van der Waals surface area contributed by atoms with Gasteiger partial charge in [-0.1, -0.05) is 13.8 Å². The van der Waals surface area contributed by atoms with Crippen molar-refractivity contribution in [2.45, 2.75) is 20.3 Å². The average Bonchev–Trinajstić information content (AvgIpc) is 2.18. The number of carbonyl (C=O) groups is 1. The minimum Gasteiger partial charge on any atom is -0.340 e. The van der Waals surface area contributed by atoms with Crippen LogP contribution < -0.4 is 5.73 Å². The van der Waals surface area contributed by atoms with Crippen LogP contribution in [0.15, 0.2) is 0 Å². The van der Waals surface area contributed by atoms with Crippen molar-refractivity contribution in [2.75, 3.05) is 39.3 Å². The molecule has 88 valence electrons. The molecule has 0 radical (unpaired) electrons. The summed E-state index contributed by atoms with van der Waals surface area (Å²) in [5.74, 6) is 0.915. The maximum absolute atomic E-state index is 11.6. The van der Waals surface area contributed by atoms with E-state index < -0.39 is 0 Å². The molecule has 1 aliphatic rings. The summed E-state index contributed by atoms with van der Waals surface area (Å²) in [5.41, 5.74) is 5.37. The zero-order valence-corrected chi connectivity index (χ0v) is 9.91. The maximum Gasteiger partial charge on any atom is 0.223 e. The van der Waals surface area contributed by atoms with Gasteiger partial charge >= 0.3 is 0 Å². The first-order chi connectivity index (χ1) is 7.13. The number of carbonyl (C=O) groups excluding carboxylic acids is 1. The third kappa shape index (κ3) is 4.18. The summed E-state index contributed by atoms with van der Waals surface area (Å²) in [5, 5.41) is 0. The maximum atomic E-state index is 11.6. The molecular formula is C11H23N3O. The van der Waals surface area contributed by atoms with Crippen molar-refractivity contribution < 1.29 is 4.79 Å². The third-order valence-corrected chi connectivity index (χ3v) is 2.71. The summed E-state index contributed by atoms with van der Waals surface area (Å²) in [6.07, 6.45) is 0.490. The summed E-state index contributed by atoms with van der Waals surface area (Å²) >= 11 is 0. The molecule has 0 bridgehead atoms. The first-order valence-electron chi connectivity index (χ1n) is 5.83. The zero-order chi connectivity index (χ0) is 11.3. The highest BCUT2D eigenvalue weighted by atomic mass is 16.2. The van der Waals surface area contributed by atoms with Gasteiger partial charge in [-0.2, -0.15) is 0 Å². The monoisotopic (exact) mass is 213 g/mol. The molecule has 0 aromatic rings. The van der Waals surface area contributed by atoms with E-state index in [1.807, 2.05) is 4.90 Å². The molecule has 1 saturated heterocycles. The van der Waals surface area contributed by atoms with Gasteiger partial charge in [0, 0.05) is 45.7 Å². The number of piperazine rings is 1. The van der Waals surface area contributed by atoms with Gasteiger partial charge in [-0.25, -0.2) is 0 Å². The topological polar surface area (TPSA) is 49.6 Å². The molecule has 0 unspecified atom stereocenters. The van der Waals surface area contributed by atoms with E-state index in [1.165, 1.54) is 0 Å². The molecule has 4 heteroatoms. The van der Waals surface area contributed by atoms with Crippen molar-refractivity contribution in [2.24, 2.45) is 11.7 Å². The second-order valence-electron chi connectivity index (χ2n) is 4.61. The Bertz CT molecular complexity index is 198. The highest BCUT2D eigenvalue weighted by Crippen LogP contribution is 2.06. The molecule has 1 aliphatic heterocycles. The van der Waals surface area contributed by atoms with Crippen LogP contribution in [0.2, 0.25) is 0 Å². The smallest absolute Gasteiger partial charge is 0.223 e. The van der Waals surface area contributed by atoms with Crippen LogP contribution in [0.4, 0.5) is 0 Å².